The summed E-state index contributed by atoms with van der Waals surface area (Å²) in [4.78, 5) is 40.2. The molecule has 0 radical (unpaired) electrons. The Balaban J connectivity index is 1.51. The summed E-state index contributed by atoms with van der Waals surface area (Å²) in [6.07, 6.45) is 1.58. The van der Waals surface area contributed by atoms with Gasteiger partial charge in [0.1, 0.15) is 11.4 Å². The summed E-state index contributed by atoms with van der Waals surface area (Å²) < 4.78 is 5.43. The quantitative estimate of drug-likeness (QED) is 0.141. The molecule has 214 valence electrons. The van der Waals surface area contributed by atoms with E-state index in [0.29, 0.717) is 22.6 Å². The van der Waals surface area contributed by atoms with Gasteiger partial charge in [-0.1, -0.05) is 60.7 Å². The van der Waals surface area contributed by atoms with E-state index in [-0.39, 0.29) is 16.9 Å². The van der Waals surface area contributed by atoms with Crippen molar-refractivity contribution in [2.45, 2.75) is 30.9 Å². The number of ether oxygens (including phenoxy) is 1. The van der Waals surface area contributed by atoms with Gasteiger partial charge in [0.05, 0.1) is 12.4 Å². The zero-order valence-electron chi connectivity index (χ0n) is 23.9. The molecule has 0 saturated carbocycles. The molecular formula is C34H33N3O4S. The smallest absolute Gasteiger partial charge is 0.272 e. The van der Waals surface area contributed by atoms with Crippen LogP contribution in [0.3, 0.4) is 0 Å². The van der Waals surface area contributed by atoms with E-state index in [2.05, 4.69) is 16.0 Å². The fourth-order valence-electron chi connectivity index (χ4n) is 4.22. The predicted octanol–water partition coefficient (Wildman–Crippen LogP) is 6.84. The van der Waals surface area contributed by atoms with Crippen molar-refractivity contribution in [2.24, 2.45) is 0 Å². The zero-order chi connectivity index (χ0) is 30.1. The third-order valence-corrected chi connectivity index (χ3v) is 7.56. The number of carbonyl (C=O) groups is 3. The van der Waals surface area contributed by atoms with Crippen LogP contribution in [-0.4, -0.2) is 30.1 Å². The molecule has 3 amide bonds. The van der Waals surface area contributed by atoms with Crippen LogP contribution in [0.4, 0.5) is 11.4 Å². The van der Waals surface area contributed by atoms with Crippen molar-refractivity contribution in [1.82, 2.24) is 5.32 Å². The van der Waals surface area contributed by atoms with Gasteiger partial charge in [0.2, 0.25) is 5.91 Å². The fourth-order valence-corrected chi connectivity index (χ4v) is 5.15. The fraction of sp³-hybridized carbons (Fsp3) is 0.147. The maximum Gasteiger partial charge on any atom is 0.272 e. The Morgan fingerprint density at radius 1 is 0.810 bits per heavy atom. The molecule has 4 aromatic rings. The Labute approximate surface area is 250 Å². The SMILES string of the molecule is COc1ccccc1/C=C(/NC(=O)c1ccccc1)C(=O)Nc1cccc(SC(C)C(=O)Nc2c(C)cccc2C)c1. The van der Waals surface area contributed by atoms with E-state index in [1.165, 1.54) is 11.8 Å². The van der Waals surface area contributed by atoms with Crippen molar-refractivity contribution >= 4 is 46.9 Å². The van der Waals surface area contributed by atoms with Crippen LogP contribution in [0.25, 0.3) is 6.08 Å². The van der Waals surface area contributed by atoms with Crippen LogP contribution in [0, 0.1) is 13.8 Å². The van der Waals surface area contributed by atoms with Gasteiger partial charge in [0.25, 0.3) is 11.8 Å². The van der Waals surface area contributed by atoms with Crippen LogP contribution in [0.2, 0.25) is 0 Å². The molecule has 8 heteroatoms. The molecule has 0 aromatic heterocycles. The molecule has 0 aliphatic heterocycles. The lowest BCUT2D eigenvalue weighted by molar-refractivity contribution is -0.115. The highest BCUT2D eigenvalue weighted by molar-refractivity contribution is 8.00. The number of nitrogens with one attached hydrogen (secondary N) is 3. The first kappa shape index (κ1) is 30.1. The maximum atomic E-state index is 13.5. The van der Waals surface area contributed by atoms with E-state index in [4.69, 9.17) is 4.74 Å². The molecule has 0 aliphatic carbocycles. The largest absolute Gasteiger partial charge is 0.496 e. The first-order valence-electron chi connectivity index (χ1n) is 13.4. The van der Waals surface area contributed by atoms with Crippen LogP contribution >= 0.6 is 11.8 Å². The van der Waals surface area contributed by atoms with Gasteiger partial charge in [-0.3, -0.25) is 14.4 Å². The molecule has 0 heterocycles. The number of hydrogen-bond acceptors (Lipinski definition) is 5. The van der Waals surface area contributed by atoms with Gasteiger partial charge < -0.3 is 20.7 Å². The molecular weight excluding hydrogens is 546 g/mol. The van der Waals surface area contributed by atoms with Gasteiger partial charge in [0.15, 0.2) is 0 Å². The molecule has 0 bridgehead atoms. The Kier molecular flexibility index (Phi) is 10.2. The number of anilines is 2. The summed E-state index contributed by atoms with van der Waals surface area (Å²) in [6.45, 7) is 5.77. The van der Waals surface area contributed by atoms with E-state index in [1.54, 1.807) is 67.8 Å². The lowest BCUT2D eigenvalue weighted by Crippen LogP contribution is -2.30. The first-order chi connectivity index (χ1) is 20.2. The molecule has 42 heavy (non-hydrogen) atoms. The number of methoxy groups -OCH3 is 1. The molecule has 1 atom stereocenters. The van der Waals surface area contributed by atoms with Crippen molar-refractivity contribution in [3.05, 3.63) is 125 Å². The van der Waals surface area contributed by atoms with Gasteiger partial charge in [0, 0.05) is 27.4 Å². The molecule has 7 nitrogen and oxygen atoms in total. The summed E-state index contributed by atoms with van der Waals surface area (Å²) in [5, 5.41) is 8.27. The van der Waals surface area contributed by atoms with Gasteiger partial charge >= 0.3 is 0 Å². The molecule has 0 aliphatic rings. The van der Waals surface area contributed by atoms with E-state index in [1.807, 2.05) is 63.2 Å². The third-order valence-electron chi connectivity index (χ3n) is 6.47. The number of hydrogen-bond donors (Lipinski definition) is 3. The summed E-state index contributed by atoms with van der Waals surface area (Å²) in [6, 6.07) is 29.0. The second-order valence-electron chi connectivity index (χ2n) is 9.62. The first-order valence-corrected chi connectivity index (χ1v) is 14.3. The highest BCUT2D eigenvalue weighted by Crippen LogP contribution is 2.28. The Bertz CT molecular complexity index is 1600. The van der Waals surface area contributed by atoms with Crippen molar-refractivity contribution in [1.29, 1.82) is 0 Å². The lowest BCUT2D eigenvalue weighted by atomic mass is 10.1. The second kappa shape index (κ2) is 14.2. The Hall–Kier alpha value is -4.82. The molecule has 4 rings (SSSR count). The third kappa shape index (κ3) is 7.89. The average Bonchev–Trinajstić information content (AvgIpc) is 2.99. The molecule has 0 saturated heterocycles. The molecule has 4 aromatic carbocycles. The highest BCUT2D eigenvalue weighted by Gasteiger charge is 2.19. The zero-order valence-corrected chi connectivity index (χ0v) is 24.8. The van der Waals surface area contributed by atoms with Gasteiger partial charge in [-0.15, -0.1) is 11.8 Å². The minimum absolute atomic E-state index is 0.0488. The monoisotopic (exact) mass is 579 g/mol. The normalized spacial score (nSPS) is 11.8. The summed E-state index contributed by atoms with van der Waals surface area (Å²) >= 11 is 1.38. The number of rotatable bonds is 10. The van der Waals surface area contributed by atoms with Crippen molar-refractivity contribution in [2.75, 3.05) is 17.7 Å². The molecule has 0 fully saturated rings. The van der Waals surface area contributed by atoms with Crippen LogP contribution in [0.15, 0.2) is 108 Å². The standard InChI is InChI=1S/C34H33N3O4S/c1-22-12-10-13-23(2)31(22)37-32(38)24(3)42-28-18-11-17-27(21-28)35-34(40)29(20-26-16-8-9-19-30(26)41-4)36-33(39)25-14-6-5-7-15-25/h5-21,24H,1-4H3,(H,35,40)(H,36,39)(H,37,38)/b29-20+. The molecule has 0 spiro atoms. The van der Waals surface area contributed by atoms with Crippen molar-refractivity contribution < 1.29 is 19.1 Å². The topological polar surface area (TPSA) is 96.5 Å². The van der Waals surface area contributed by atoms with Gasteiger partial charge in [-0.05, 0) is 74.4 Å². The molecule has 1 unspecified atom stereocenters. The van der Waals surface area contributed by atoms with Crippen molar-refractivity contribution in [3.8, 4) is 5.75 Å². The van der Waals surface area contributed by atoms with Crippen molar-refractivity contribution in [3.63, 3.8) is 0 Å². The van der Waals surface area contributed by atoms with Crippen LogP contribution < -0.4 is 20.7 Å². The van der Waals surface area contributed by atoms with Crippen LogP contribution in [-0.2, 0) is 9.59 Å². The second-order valence-corrected chi connectivity index (χ2v) is 11.0. The number of amides is 3. The van der Waals surface area contributed by atoms with Crippen LogP contribution in [0.1, 0.15) is 34.0 Å². The summed E-state index contributed by atoms with van der Waals surface area (Å²) in [5.41, 5.74) is 4.44. The van der Waals surface area contributed by atoms with Gasteiger partial charge in [-0.25, -0.2) is 0 Å². The van der Waals surface area contributed by atoms with Gasteiger partial charge in [-0.2, -0.15) is 0 Å². The number of benzene rings is 4. The number of carbonyl (C=O) groups excluding carboxylic acids is 3. The Morgan fingerprint density at radius 2 is 1.48 bits per heavy atom. The maximum absolute atomic E-state index is 13.5. The van der Waals surface area contributed by atoms with E-state index >= 15 is 0 Å². The predicted molar refractivity (Wildman–Crippen MR) is 170 cm³/mol. The van der Waals surface area contributed by atoms with E-state index in [0.717, 1.165) is 21.7 Å². The number of thioether (sulfide) groups is 1. The molecule has 3 N–H and O–H groups in total. The van der Waals surface area contributed by atoms with Crippen LogP contribution in [0.5, 0.6) is 5.75 Å². The lowest BCUT2D eigenvalue weighted by Gasteiger charge is -2.16. The summed E-state index contributed by atoms with van der Waals surface area (Å²) in [5.74, 6) is -0.478. The minimum Gasteiger partial charge on any atom is -0.496 e. The van der Waals surface area contributed by atoms with E-state index < -0.39 is 11.8 Å². The highest BCUT2D eigenvalue weighted by atomic mass is 32.2. The Morgan fingerprint density at radius 3 is 2.19 bits per heavy atom. The number of aryl methyl sites for hydroxylation is 2. The minimum atomic E-state index is -0.506. The van der Waals surface area contributed by atoms with E-state index in [9.17, 15) is 14.4 Å². The number of para-hydroxylation sites is 2. The average molecular weight is 580 g/mol. The summed E-state index contributed by atoms with van der Waals surface area (Å²) in [7, 11) is 1.54.